The lowest BCUT2D eigenvalue weighted by molar-refractivity contribution is 0.493. The van der Waals surface area contributed by atoms with Crippen LogP contribution in [0.15, 0.2) is 10.6 Å². The van der Waals surface area contributed by atoms with Gasteiger partial charge in [-0.3, -0.25) is 0 Å². The van der Waals surface area contributed by atoms with Crippen LogP contribution in [0.4, 0.5) is 0 Å². The van der Waals surface area contributed by atoms with Gasteiger partial charge in [0.1, 0.15) is 0 Å². The number of nitrogens with one attached hydrogen (secondary N) is 1. The molecule has 92 valence electrons. The number of thioether (sulfide) groups is 1. The minimum absolute atomic E-state index is 0.871. The molecule has 0 saturated carbocycles. The molecule has 0 saturated heterocycles. The van der Waals surface area contributed by atoms with Gasteiger partial charge < -0.3 is 5.32 Å². The van der Waals surface area contributed by atoms with Crippen LogP contribution in [0.5, 0.6) is 0 Å². The normalized spacial score (nSPS) is 27.4. The number of hydrogen-bond donors (Lipinski definition) is 1. The van der Waals surface area contributed by atoms with E-state index < -0.39 is 0 Å². The topological polar surface area (TPSA) is 12.0 Å². The minimum Gasteiger partial charge on any atom is -0.387 e. The molecule has 0 bridgehead atoms. The molecule has 0 aromatic heterocycles. The lowest BCUT2D eigenvalue weighted by Gasteiger charge is -2.27. The SMILES string of the molecule is CCCC1CCCCCCC2=C1SCCN2. The van der Waals surface area contributed by atoms with Gasteiger partial charge in [0, 0.05) is 22.9 Å². The highest BCUT2D eigenvalue weighted by molar-refractivity contribution is 8.03. The van der Waals surface area contributed by atoms with Crippen molar-refractivity contribution in [2.45, 2.75) is 58.3 Å². The van der Waals surface area contributed by atoms with E-state index in [0.29, 0.717) is 0 Å². The molecule has 1 aliphatic heterocycles. The summed E-state index contributed by atoms with van der Waals surface area (Å²) in [6.45, 7) is 3.51. The van der Waals surface area contributed by atoms with E-state index in [1.165, 1.54) is 63.7 Å². The molecule has 2 rings (SSSR count). The fourth-order valence-corrected chi connectivity index (χ4v) is 4.16. The first-order valence-corrected chi connectivity index (χ1v) is 8.00. The lowest BCUT2D eigenvalue weighted by Crippen LogP contribution is -2.24. The Kier molecular flexibility index (Phi) is 5.08. The molecule has 1 heterocycles. The van der Waals surface area contributed by atoms with Crippen molar-refractivity contribution in [2.75, 3.05) is 12.3 Å². The largest absolute Gasteiger partial charge is 0.387 e. The van der Waals surface area contributed by atoms with Crippen molar-refractivity contribution in [3.05, 3.63) is 10.6 Å². The zero-order valence-corrected chi connectivity index (χ0v) is 11.4. The first-order chi connectivity index (χ1) is 7.92. The van der Waals surface area contributed by atoms with Gasteiger partial charge >= 0.3 is 0 Å². The van der Waals surface area contributed by atoms with Crippen molar-refractivity contribution in [3.8, 4) is 0 Å². The highest BCUT2D eigenvalue weighted by Crippen LogP contribution is 2.37. The third kappa shape index (κ3) is 3.19. The fraction of sp³-hybridized carbons (Fsp3) is 0.857. The Morgan fingerprint density at radius 2 is 2.12 bits per heavy atom. The summed E-state index contributed by atoms with van der Waals surface area (Å²) in [7, 11) is 0. The lowest BCUT2D eigenvalue weighted by atomic mass is 9.95. The highest BCUT2D eigenvalue weighted by atomic mass is 32.2. The predicted octanol–water partition coefficient (Wildman–Crippen LogP) is 4.30. The van der Waals surface area contributed by atoms with E-state index in [-0.39, 0.29) is 0 Å². The molecule has 1 nitrogen and oxygen atoms in total. The third-order valence-corrected chi connectivity index (χ3v) is 5.03. The van der Waals surface area contributed by atoms with Crippen LogP contribution < -0.4 is 5.32 Å². The van der Waals surface area contributed by atoms with Gasteiger partial charge in [0.25, 0.3) is 0 Å². The van der Waals surface area contributed by atoms with E-state index in [1.807, 2.05) is 0 Å². The quantitative estimate of drug-likeness (QED) is 0.771. The Hall–Kier alpha value is -0.110. The first-order valence-electron chi connectivity index (χ1n) is 7.01. The molecule has 1 atom stereocenters. The molecule has 0 amide bonds. The van der Waals surface area contributed by atoms with Crippen LogP contribution in [0.25, 0.3) is 0 Å². The minimum atomic E-state index is 0.871. The molecule has 1 unspecified atom stereocenters. The van der Waals surface area contributed by atoms with Gasteiger partial charge in [0.2, 0.25) is 0 Å². The van der Waals surface area contributed by atoms with Gasteiger partial charge in [-0.05, 0) is 31.6 Å². The van der Waals surface area contributed by atoms with Crippen LogP contribution in [0.2, 0.25) is 0 Å². The summed E-state index contributed by atoms with van der Waals surface area (Å²) >= 11 is 2.14. The summed E-state index contributed by atoms with van der Waals surface area (Å²) in [5.41, 5.74) is 1.61. The van der Waals surface area contributed by atoms with Crippen LogP contribution >= 0.6 is 11.8 Å². The number of allylic oxidation sites excluding steroid dienone is 2. The Morgan fingerprint density at radius 3 is 3.00 bits per heavy atom. The summed E-state index contributed by atoms with van der Waals surface area (Å²) in [5, 5.41) is 3.66. The Labute approximate surface area is 104 Å². The second kappa shape index (κ2) is 6.58. The van der Waals surface area contributed by atoms with E-state index in [0.717, 1.165) is 5.92 Å². The van der Waals surface area contributed by atoms with Gasteiger partial charge in [0.15, 0.2) is 0 Å². The van der Waals surface area contributed by atoms with E-state index in [1.54, 1.807) is 10.6 Å². The van der Waals surface area contributed by atoms with E-state index in [4.69, 9.17) is 0 Å². The third-order valence-electron chi connectivity index (χ3n) is 3.73. The van der Waals surface area contributed by atoms with Crippen LogP contribution in [0.1, 0.15) is 58.3 Å². The average Bonchev–Trinajstić information content (AvgIpc) is 2.41. The molecular formula is C14H25NS. The molecule has 1 aliphatic carbocycles. The maximum Gasteiger partial charge on any atom is 0.0238 e. The molecule has 0 radical (unpaired) electrons. The van der Waals surface area contributed by atoms with E-state index in [2.05, 4.69) is 24.0 Å². The van der Waals surface area contributed by atoms with Crippen molar-refractivity contribution in [1.82, 2.24) is 5.32 Å². The molecule has 0 fully saturated rings. The van der Waals surface area contributed by atoms with Crippen molar-refractivity contribution in [3.63, 3.8) is 0 Å². The van der Waals surface area contributed by atoms with Gasteiger partial charge in [-0.25, -0.2) is 0 Å². The maximum atomic E-state index is 3.66. The molecule has 0 spiro atoms. The summed E-state index contributed by atoms with van der Waals surface area (Å²) in [6, 6.07) is 0. The molecular weight excluding hydrogens is 214 g/mol. The van der Waals surface area contributed by atoms with Gasteiger partial charge in [-0.15, -0.1) is 11.8 Å². The van der Waals surface area contributed by atoms with Crippen LogP contribution in [-0.4, -0.2) is 12.3 Å². The molecule has 0 aromatic carbocycles. The fourth-order valence-electron chi connectivity index (χ4n) is 2.91. The predicted molar refractivity (Wildman–Crippen MR) is 73.6 cm³/mol. The smallest absolute Gasteiger partial charge is 0.0238 e. The zero-order chi connectivity index (χ0) is 11.2. The highest BCUT2D eigenvalue weighted by Gasteiger charge is 2.21. The zero-order valence-electron chi connectivity index (χ0n) is 10.6. The van der Waals surface area contributed by atoms with E-state index in [9.17, 15) is 0 Å². The van der Waals surface area contributed by atoms with E-state index >= 15 is 0 Å². The molecule has 2 heteroatoms. The molecule has 0 aromatic rings. The van der Waals surface area contributed by atoms with Crippen molar-refractivity contribution in [2.24, 2.45) is 5.92 Å². The summed E-state index contributed by atoms with van der Waals surface area (Å²) in [5.74, 6) is 2.15. The first kappa shape index (κ1) is 12.3. The Balaban J connectivity index is 2.12. The molecule has 1 N–H and O–H groups in total. The number of rotatable bonds is 2. The van der Waals surface area contributed by atoms with Gasteiger partial charge in [-0.1, -0.05) is 32.6 Å². The van der Waals surface area contributed by atoms with Crippen molar-refractivity contribution >= 4 is 11.8 Å². The summed E-state index contributed by atoms with van der Waals surface area (Å²) < 4.78 is 0. The maximum absolute atomic E-state index is 3.66. The van der Waals surface area contributed by atoms with Crippen LogP contribution in [-0.2, 0) is 0 Å². The number of hydrogen-bond acceptors (Lipinski definition) is 2. The second-order valence-electron chi connectivity index (χ2n) is 5.06. The standard InChI is InChI=1S/C14H25NS/c1-2-7-12-8-5-3-4-6-9-13-14(12)16-11-10-15-13/h12,15H,2-11H2,1H3. The second-order valence-corrected chi connectivity index (χ2v) is 6.19. The van der Waals surface area contributed by atoms with Crippen LogP contribution in [0, 0.1) is 5.92 Å². The van der Waals surface area contributed by atoms with Crippen molar-refractivity contribution in [1.29, 1.82) is 0 Å². The average molecular weight is 239 g/mol. The van der Waals surface area contributed by atoms with Crippen molar-refractivity contribution < 1.29 is 0 Å². The Morgan fingerprint density at radius 1 is 1.25 bits per heavy atom. The Bertz CT molecular complexity index is 247. The van der Waals surface area contributed by atoms with Gasteiger partial charge in [-0.2, -0.15) is 0 Å². The summed E-state index contributed by atoms with van der Waals surface area (Å²) in [4.78, 5) is 1.73. The summed E-state index contributed by atoms with van der Waals surface area (Å²) in [6.07, 6.45) is 11.2. The monoisotopic (exact) mass is 239 g/mol. The molecule has 2 aliphatic rings. The van der Waals surface area contributed by atoms with Crippen LogP contribution in [0.3, 0.4) is 0 Å². The molecule has 16 heavy (non-hydrogen) atoms. The van der Waals surface area contributed by atoms with Gasteiger partial charge in [0.05, 0.1) is 0 Å².